The molecule has 1 aliphatic carbocycles. The van der Waals surface area contributed by atoms with Gasteiger partial charge in [0.1, 0.15) is 31.0 Å². The van der Waals surface area contributed by atoms with Crippen LogP contribution in [0.4, 0.5) is 4.79 Å². The van der Waals surface area contributed by atoms with Gasteiger partial charge in [-0.15, -0.1) is 6.58 Å². The number of nitrogens with zero attached hydrogens (tertiary/aromatic N) is 1. The highest BCUT2D eigenvalue weighted by Crippen LogP contribution is 2.44. The third-order valence-electron chi connectivity index (χ3n) is 12.2. The molecule has 0 unspecified atom stereocenters. The predicted octanol–water partition coefficient (Wildman–Crippen LogP) is 11.7. The van der Waals surface area contributed by atoms with E-state index in [-0.39, 0.29) is 45.5 Å². The Hall–Kier alpha value is -6.65. The standard InChI is InChI=1S/C59H59NO7/c1-2-22-54(60(37-44-23-8-3-9-24-44)59(62)67-42-53-51-35-20-18-33-49(51)50-34-19-21-36-52(50)53)56(64-39-46-27-12-5-13-28-46)58(66-41-48-31-16-7-17-32-48)57(65-40-47-29-14-6-15-30-47)55(61)43-63-38-45-25-10-4-11-26-45/h2-21,23-36,53-58,61H,1,22,37-43H2/t54-,55-,56+,57-,58-/m1/s1. The maximum atomic E-state index is 15.2. The zero-order valence-corrected chi connectivity index (χ0v) is 37.8. The van der Waals surface area contributed by atoms with Gasteiger partial charge in [-0.05, 0) is 56.5 Å². The molecule has 0 fully saturated rings. The number of aliphatic hydroxyl groups is 1. The molecule has 8 rings (SSSR count). The topological polar surface area (TPSA) is 86.7 Å². The lowest BCUT2D eigenvalue weighted by Crippen LogP contribution is -2.58. The van der Waals surface area contributed by atoms with Gasteiger partial charge in [0.25, 0.3) is 0 Å². The van der Waals surface area contributed by atoms with Crippen LogP contribution in [-0.2, 0) is 56.7 Å². The van der Waals surface area contributed by atoms with Gasteiger partial charge in [0.15, 0.2) is 0 Å². The molecule has 1 amide bonds. The molecule has 0 saturated carbocycles. The molecule has 8 heteroatoms. The fourth-order valence-electron chi connectivity index (χ4n) is 8.88. The highest BCUT2D eigenvalue weighted by molar-refractivity contribution is 5.79. The Morgan fingerprint density at radius 1 is 0.522 bits per heavy atom. The highest BCUT2D eigenvalue weighted by atomic mass is 16.6. The first kappa shape index (κ1) is 46.9. The van der Waals surface area contributed by atoms with Crippen molar-refractivity contribution in [2.24, 2.45) is 0 Å². The van der Waals surface area contributed by atoms with Crippen LogP contribution in [0.3, 0.4) is 0 Å². The minimum absolute atomic E-state index is 0.0583. The molecule has 342 valence electrons. The van der Waals surface area contributed by atoms with Crippen molar-refractivity contribution >= 4 is 6.09 Å². The van der Waals surface area contributed by atoms with E-state index in [1.807, 2.05) is 176 Å². The van der Waals surface area contributed by atoms with Crippen LogP contribution in [-0.4, -0.2) is 59.8 Å². The largest absolute Gasteiger partial charge is 0.448 e. The normalized spacial score (nSPS) is 14.2. The van der Waals surface area contributed by atoms with E-state index in [2.05, 4.69) is 30.8 Å². The van der Waals surface area contributed by atoms with Crippen molar-refractivity contribution in [3.8, 4) is 11.1 Å². The number of amides is 1. The van der Waals surface area contributed by atoms with E-state index in [9.17, 15) is 5.11 Å². The van der Waals surface area contributed by atoms with Crippen LogP contribution in [0.15, 0.2) is 213 Å². The first-order valence-electron chi connectivity index (χ1n) is 23.1. The van der Waals surface area contributed by atoms with Crippen LogP contribution in [0.1, 0.15) is 51.3 Å². The minimum atomic E-state index is -1.18. The average Bonchev–Trinajstić information content (AvgIpc) is 3.70. The molecule has 1 aliphatic rings. The molecule has 5 atom stereocenters. The molecule has 0 heterocycles. The zero-order chi connectivity index (χ0) is 46.0. The molecule has 0 aliphatic heterocycles. The highest BCUT2D eigenvalue weighted by Gasteiger charge is 2.44. The van der Waals surface area contributed by atoms with E-state index in [0.717, 1.165) is 50.1 Å². The van der Waals surface area contributed by atoms with Crippen molar-refractivity contribution in [2.75, 3.05) is 13.2 Å². The van der Waals surface area contributed by atoms with E-state index in [4.69, 9.17) is 23.7 Å². The Morgan fingerprint density at radius 3 is 1.40 bits per heavy atom. The summed E-state index contributed by atoms with van der Waals surface area (Å²) in [6.45, 7) is 5.29. The van der Waals surface area contributed by atoms with E-state index in [1.54, 1.807) is 11.0 Å². The summed E-state index contributed by atoms with van der Waals surface area (Å²) in [4.78, 5) is 16.9. The lowest BCUT2D eigenvalue weighted by Gasteiger charge is -2.42. The Balaban J connectivity index is 1.19. The number of rotatable bonds is 24. The van der Waals surface area contributed by atoms with Crippen LogP contribution in [0.5, 0.6) is 0 Å². The van der Waals surface area contributed by atoms with E-state index in [1.165, 1.54) is 0 Å². The molecule has 67 heavy (non-hydrogen) atoms. The van der Waals surface area contributed by atoms with Gasteiger partial charge in [-0.3, -0.25) is 4.90 Å². The molecule has 1 N–H and O–H groups in total. The number of aliphatic hydroxyl groups excluding tert-OH is 1. The second kappa shape index (κ2) is 24.2. The summed E-state index contributed by atoms with van der Waals surface area (Å²) in [5.41, 5.74) is 9.17. The van der Waals surface area contributed by atoms with Gasteiger partial charge in [0.05, 0.1) is 39.1 Å². The Bertz CT molecular complexity index is 2510. The maximum Gasteiger partial charge on any atom is 0.410 e. The molecular formula is C59H59NO7. The first-order valence-corrected chi connectivity index (χ1v) is 23.1. The van der Waals surface area contributed by atoms with E-state index < -0.39 is 36.6 Å². The molecule has 7 aromatic rings. The Kier molecular flexibility index (Phi) is 16.9. The number of hydrogen-bond acceptors (Lipinski definition) is 7. The second-order valence-electron chi connectivity index (χ2n) is 16.9. The smallest absolute Gasteiger partial charge is 0.410 e. The van der Waals surface area contributed by atoms with Crippen molar-refractivity contribution in [2.45, 2.75) is 75.8 Å². The Morgan fingerprint density at radius 2 is 0.925 bits per heavy atom. The first-order chi connectivity index (χ1) is 33.1. The van der Waals surface area contributed by atoms with Crippen LogP contribution >= 0.6 is 0 Å². The van der Waals surface area contributed by atoms with Crippen LogP contribution in [0.25, 0.3) is 11.1 Å². The molecule has 0 aromatic heterocycles. The molecule has 8 nitrogen and oxygen atoms in total. The van der Waals surface area contributed by atoms with Crippen molar-refractivity contribution in [3.05, 3.63) is 252 Å². The quantitative estimate of drug-likeness (QED) is 0.0605. The molecule has 0 radical (unpaired) electrons. The fourth-order valence-corrected chi connectivity index (χ4v) is 8.88. The summed E-state index contributed by atoms with van der Waals surface area (Å²) in [5, 5.41) is 12.4. The lowest BCUT2D eigenvalue weighted by molar-refractivity contribution is -0.198. The zero-order valence-electron chi connectivity index (χ0n) is 37.8. The van der Waals surface area contributed by atoms with Crippen LogP contribution in [0.2, 0.25) is 0 Å². The van der Waals surface area contributed by atoms with Gasteiger partial charge >= 0.3 is 6.09 Å². The van der Waals surface area contributed by atoms with Gasteiger partial charge < -0.3 is 28.8 Å². The molecule has 7 aromatic carbocycles. The van der Waals surface area contributed by atoms with Crippen molar-refractivity contribution in [3.63, 3.8) is 0 Å². The lowest BCUT2D eigenvalue weighted by atomic mass is 9.93. The molecule has 0 saturated heterocycles. The summed E-state index contributed by atoms with van der Waals surface area (Å²) in [5.74, 6) is -0.151. The number of fused-ring (bicyclic) bond motifs is 3. The SMILES string of the molecule is C=CC[C@H]([C@H](OCc1ccccc1)[C@@H](OCc1ccccc1)[C@H](OCc1ccccc1)[C@H](O)COCc1ccccc1)N(Cc1ccccc1)C(=O)OCC1c2ccccc2-c2ccccc21. The van der Waals surface area contributed by atoms with Crippen molar-refractivity contribution in [1.82, 2.24) is 4.90 Å². The maximum absolute atomic E-state index is 15.2. The monoisotopic (exact) mass is 893 g/mol. The average molecular weight is 894 g/mol. The van der Waals surface area contributed by atoms with Gasteiger partial charge in [0.2, 0.25) is 0 Å². The number of carbonyl (C=O) groups is 1. The number of ether oxygens (including phenoxy) is 5. The van der Waals surface area contributed by atoms with Gasteiger partial charge in [-0.1, -0.05) is 206 Å². The third kappa shape index (κ3) is 12.6. The van der Waals surface area contributed by atoms with Gasteiger partial charge in [0, 0.05) is 12.5 Å². The molecule has 0 spiro atoms. The number of carbonyl (C=O) groups excluding carboxylic acids is 1. The molecular weight excluding hydrogens is 835 g/mol. The molecule has 0 bridgehead atoms. The van der Waals surface area contributed by atoms with Gasteiger partial charge in [-0.25, -0.2) is 4.79 Å². The number of hydrogen-bond donors (Lipinski definition) is 1. The fraction of sp³-hybridized carbons (Fsp3) is 0.237. The summed E-state index contributed by atoms with van der Waals surface area (Å²) in [6.07, 6.45) is -2.48. The van der Waals surface area contributed by atoms with Crippen LogP contribution < -0.4 is 0 Å². The Labute approximate surface area is 395 Å². The summed E-state index contributed by atoms with van der Waals surface area (Å²) < 4.78 is 33.7. The summed E-state index contributed by atoms with van der Waals surface area (Å²) in [7, 11) is 0. The minimum Gasteiger partial charge on any atom is -0.448 e. The predicted molar refractivity (Wildman–Crippen MR) is 263 cm³/mol. The second-order valence-corrected chi connectivity index (χ2v) is 16.9. The van der Waals surface area contributed by atoms with E-state index in [0.29, 0.717) is 13.0 Å². The third-order valence-corrected chi connectivity index (χ3v) is 12.2. The summed E-state index contributed by atoms with van der Waals surface area (Å²) >= 11 is 0. The van der Waals surface area contributed by atoms with Gasteiger partial charge in [-0.2, -0.15) is 0 Å². The summed E-state index contributed by atoms with van der Waals surface area (Å²) in [6, 6.07) is 65.2. The number of benzene rings is 7. The van der Waals surface area contributed by atoms with Crippen LogP contribution in [0, 0.1) is 0 Å². The van der Waals surface area contributed by atoms with Crippen molar-refractivity contribution < 1.29 is 33.6 Å². The van der Waals surface area contributed by atoms with Crippen molar-refractivity contribution in [1.29, 1.82) is 0 Å². The van der Waals surface area contributed by atoms with E-state index >= 15 is 4.79 Å².